The van der Waals surface area contributed by atoms with Gasteiger partial charge < -0.3 is 5.32 Å². The highest BCUT2D eigenvalue weighted by Crippen LogP contribution is 2.14. The third-order valence-corrected chi connectivity index (χ3v) is 2.73. The molecule has 0 unspecified atom stereocenters. The average molecular weight is 214 g/mol. The van der Waals surface area contributed by atoms with Crippen LogP contribution in [0.2, 0.25) is 0 Å². The molecule has 2 rings (SSSR count). The van der Waals surface area contributed by atoms with Crippen LogP contribution in [0, 0.1) is 6.92 Å². The van der Waals surface area contributed by atoms with Gasteiger partial charge >= 0.3 is 0 Å². The number of benzene rings is 1. The predicted molar refractivity (Wildman–Crippen MR) is 68.7 cm³/mol. The van der Waals surface area contributed by atoms with Crippen molar-refractivity contribution in [2.45, 2.75) is 20.3 Å². The summed E-state index contributed by atoms with van der Waals surface area (Å²) in [7, 11) is 0. The molecule has 0 saturated heterocycles. The van der Waals surface area contributed by atoms with E-state index in [9.17, 15) is 0 Å². The van der Waals surface area contributed by atoms with Gasteiger partial charge in [-0.3, -0.25) is 4.98 Å². The van der Waals surface area contributed by atoms with Gasteiger partial charge in [-0.1, -0.05) is 19.1 Å². The SMILES string of the molecule is CCNCCc1ccc2nc(C)ccc2c1. The summed E-state index contributed by atoms with van der Waals surface area (Å²) in [4.78, 5) is 4.50. The summed E-state index contributed by atoms with van der Waals surface area (Å²) >= 11 is 0. The summed E-state index contributed by atoms with van der Waals surface area (Å²) < 4.78 is 0. The van der Waals surface area contributed by atoms with Crippen molar-refractivity contribution in [2.24, 2.45) is 0 Å². The van der Waals surface area contributed by atoms with Crippen molar-refractivity contribution in [3.8, 4) is 0 Å². The van der Waals surface area contributed by atoms with Gasteiger partial charge in [0.25, 0.3) is 0 Å². The molecule has 0 saturated carbocycles. The van der Waals surface area contributed by atoms with E-state index in [1.807, 2.05) is 6.92 Å². The first-order valence-electron chi connectivity index (χ1n) is 5.86. The maximum absolute atomic E-state index is 4.50. The quantitative estimate of drug-likeness (QED) is 0.791. The van der Waals surface area contributed by atoms with E-state index in [0.29, 0.717) is 0 Å². The molecule has 16 heavy (non-hydrogen) atoms. The molecule has 2 aromatic rings. The molecule has 0 bridgehead atoms. The number of nitrogens with one attached hydrogen (secondary N) is 1. The van der Waals surface area contributed by atoms with Gasteiger partial charge in [-0.2, -0.15) is 0 Å². The molecule has 0 amide bonds. The number of aryl methyl sites for hydroxylation is 1. The van der Waals surface area contributed by atoms with Crippen molar-refractivity contribution in [1.29, 1.82) is 0 Å². The second kappa shape index (κ2) is 5.08. The molecule has 0 aliphatic carbocycles. The monoisotopic (exact) mass is 214 g/mol. The van der Waals surface area contributed by atoms with Crippen LogP contribution in [0.5, 0.6) is 0 Å². The van der Waals surface area contributed by atoms with Gasteiger partial charge in [0.05, 0.1) is 5.52 Å². The van der Waals surface area contributed by atoms with Crippen molar-refractivity contribution >= 4 is 10.9 Å². The predicted octanol–water partition coefficient (Wildman–Crippen LogP) is 2.70. The first kappa shape index (κ1) is 11.1. The Morgan fingerprint density at radius 3 is 2.88 bits per heavy atom. The topological polar surface area (TPSA) is 24.9 Å². The van der Waals surface area contributed by atoms with Gasteiger partial charge in [-0.05, 0) is 50.2 Å². The molecule has 0 fully saturated rings. The fraction of sp³-hybridized carbons (Fsp3) is 0.357. The maximum atomic E-state index is 4.50. The first-order valence-corrected chi connectivity index (χ1v) is 5.86. The van der Waals surface area contributed by atoms with Crippen LogP contribution < -0.4 is 5.32 Å². The van der Waals surface area contributed by atoms with Gasteiger partial charge in [0.1, 0.15) is 0 Å². The number of hydrogen-bond donors (Lipinski definition) is 1. The van der Waals surface area contributed by atoms with Gasteiger partial charge in [0.15, 0.2) is 0 Å². The zero-order valence-electron chi connectivity index (χ0n) is 9.96. The van der Waals surface area contributed by atoms with E-state index >= 15 is 0 Å². The Balaban J connectivity index is 2.20. The molecule has 1 aromatic heterocycles. The summed E-state index contributed by atoms with van der Waals surface area (Å²) in [5.41, 5.74) is 3.54. The normalized spacial score (nSPS) is 10.9. The largest absolute Gasteiger partial charge is 0.317 e. The Kier molecular flexibility index (Phi) is 3.52. The smallest absolute Gasteiger partial charge is 0.0705 e. The van der Waals surface area contributed by atoms with Crippen LogP contribution in [-0.4, -0.2) is 18.1 Å². The Bertz CT molecular complexity index is 477. The molecule has 1 aromatic carbocycles. The lowest BCUT2D eigenvalue weighted by molar-refractivity contribution is 0.717. The molecule has 0 aliphatic rings. The number of pyridine rings is 1. The highest BCUT2D eigenvalue weighted by Gasteiger charge is 1.98. The maximum Gasteiger partial charge on any atom is 0.0705 e. The standard InChI is InChI=1S/C14H18N2/c1-3-15-9-8-12-5-7-14-13(10-12)6-4-11(2)16-14/h4-7,10,15H,3,8-9H2,1-2H3. The minimum Gasteiger partial charge on any atom is -0.317 e. The van der Waals surface area contributed by atoms with E-state index in [1.165, 1.54) is 10.9 Å². The Hall–Kier alpha value is -1.41. The fourth-order valence-electron chi connectivity index (χ4n) is 1.84. The lowest BCUT2D eigenvalue weighted by atomic mass is 10.1. The van der Waals surface area contributed by atoms with E-state index in [2.05, 4.69) is 47.6 Å². The number of nitrogens with zero attached hydrogens (tertiary/aromatic N) is 1. The van der Waals surface area contributed by atoms with Crippen LogP contribution in [0.15, 0.2) is 30.3 Å². The van der Waals surface area contributed by atoms with Crippen LogP contribution in [0.3, 0.4) is 0 Å². The molecule has 84 valence electrons. The molecule has 0 radical (unpaired) electrons. The van der Waals surface area contributed by atoms with Gasteiger partial charge in [0.2, 0.25) is 0 Å². The molecule has 0 aliphatic heterocycles. The summed E-state index contributed by atoms with van der Waals surface area (Å²) in [5.74, 6) is 0. The summed E-state index contributed by atoms with van der Waals surface area (Å²) in [6.45, 7) is 6.24. The lowest BCUT2D eigenvalue weighted by Crippen LogP contribution is -2.15. The van der Waals surface area contributed by atoms with E-state index < -0.39 is 0 Å². The van der Waals surface area contributed by atoms with Crippen LogP contribution in [-0.2, 0) is 6.42 Å². The van der Waals surface area contributed by atoms with Crippen molar-refractivity contribution in [1.82, 2.24) is 10.3 Å². The number of hydrogen-bond acceptors (Lipinski definition) is 2. The van der Waals surface area contributed by atoms with Crippen LogP contribution >= 0.6 is 0 Å². The van der Waals surface area contributed by atoms with Gasteiger partial charge in [0, 0.05) is 11.1 Å². The number of likely N-dealkylation sites (N-methyl/N-ethyl adjacent to an activating group) is 1. The van der Waals surface area contributed by atoms with E-state index in [4.69, 9.17) is 0 Å². The molecule has 0 atom stereocenters. The second-order valence-corrected chi connectivity index (χ2v) is 4.08. The third-order valence-electron chi connectivity index (χ3n) is 2.73. The fourth-order valence-corrected chi connectivity index (χ4v) is 1.84. The average Bonchev–Trinajstić information content (AvgIpc) is 2.29. The zero-order valence-corrected chi connectivity index (χ0v) is 9.96. The van der Waals surface area contributed by atoms with Crippen molar-refractivity contribution < 1.29 is 0 Å². The molecular formula is C14H18N2. The minimum atomic E-state index is 1.04. The first-order chi connectivity index (χ1) is 7.79. The number of rotatable bonds is 4. The van der Waals surface area contributed by atoms with Gasteiger partial charge in [-0.25, -0.2) is 0 Å². The number of fused-ring (bicyclic) bond motifs is 1. The van der Waals surface area contributed by atoms with E-state index in [1.54, 1.807) is 0 Å². The molecule has 2 nitrogen and oxygen atoms in total. The Morgan fingerprint density at radius 1 is 1.19 bits per heavy atom. The van der Waals surface area contributed by atoms with Crippen molar-refractivity contribution in [3.63, 3.8) is 0 Å². The van der Waals surface area contributed by atoms with E-state index in [0.717, 1.165) is 30.7 Å². The molecule has 0 spiro atoms. The highest BCUT2D eigenvalue weighted by atomic mass is 14.8. The highest BCUT2D eigenvalue weighted by molar-refractivity contribution is 5.79. The molecule has 1 N–H and O–H groups in total. The van der Waals surface area contributed by atoms with Crippen LogP contribution in [0.1, 0.15) is 18.2 Å². The van der Waals surface area contributed by atoms with E-state index in [-0.39, 0.29) is 0 Å². The summed E-state index contributed by atoms with van der Waals surface area (Å²) in [6.07, 6.45) is 1.08. The minimum absolute atomic E-state index is 1.04. The van der Waals surface area contributed by atoms with Crippen LogP contribution in [0.4, 0.5) is 0 Å². The van der Waals surface area contributed by atoms with Crippen molar-refractivity contribution in [2.75, 3.05) is 13.1 Å². The Morgan fingerprint density at radius 2 is 2.06 bits per heavy atom. The second-order valence-electron chi connectivity index (χ2n) is 4.08. The van der Waals surface area contributed by atoms with Crippen molar-refractivity contribution in [3.05, 3.63) is 41.6 Å². The zero-order chi connectivity index (χ0) is 11.4. The third kappa shape index (κ3) is 2.58. The molecular weight excluding hydrogens is 196 g/mol. The summed E-state index contributed by atoms with van der Waals surface area (Å²) in [6, 6.07) is 10.7. The number of aromatic nitrogens is 1. The van der Waals surface area contributed by atoms with Crippen LogP contribution in [0.25, 0.3) is 10.9 Å². The van der Waals surface area contributed by atoms with Gasteiger partial charge in [-0.15, -0.1) is 0 Å². The molecule has 1 heterocycles. The lowest BCUT2D eigenvalue weighted by Gasteiger charge is -2.04. The molecule has 2 heteroatoms. The summed E-state index contributed by atoms with van der Waals surface area (Å²) in [5, 5.41) is 4.57. The Labute approximate surface area is 96.7 Å².